The van der Waals surface area contributed by atoms with E-state index in [-0.39, 0.29) is 10.4 Å². The third kappa shape index (κ3) is 3.23. The Morgan fingerprint density at radius 2 is 1.76 bits per heavy atom. The zero-order valence-corrected chi connectivity index (χ0v) is 14.3. The molecule has 0 saturated carbocycles. The van der Waals surface area contributed by atoms with Crippen LogP contribution >= 0.6 is 11.8 Å². The Balaban J connectivity index is 1.68. The maximum absolute atomic E-state index is 11.8. The number of carbonyl (C=O) groups excluding carboxylic acids is 2. The van der Waals surface area contributed by atoms with Gasteiger partial charge in [-0.05, 0) is 24.1 Å². The SMILES string of the molecule is O=C1NC(=Cc2cn(CCc3ccccc3)c3ccccc23)C(=O)S1. The van der Waals surface area contributed by atoms with E-state index >= 15 is 0 Å². The Hall–Kier alpha value is -2.79. The fourth-order valence-electron chi connectivity index (χ4n) is 3.05. The van der Waals surface area contributed by atoms with Crippen LogP contribution in [0.25, 0.3) is 17.0 Å². The molecule has 3 aromatic rings. The van der Waals surface area contributed by atoms with E-state index < -0.39 is 0 Å². The highest BCUT2D eigenvalue weighted by Gasteiger charge is 2.25. The van der Waals surface area contributed by atoms with Gasteiger partial charge in [-0.2, -0.15) is 0 Å². The second-order valence-electron chi connectivity index (χ2n) is 5.89. The van der Waals surface area contributed by atoms with Crippen molar-refractivity contribution in [1.82, 2.24) is 9.88 Å². The van der Waals surface area contributed by atoms with Crippen molar-refractivity contribution in [2.75, 3.05) is 0 Å². The van der Waals surface area contributed by atoms with Crippen LogP contribution in [-0.4, -0.2) is 14.9 Å². The van der Waals surface area contributed by atoms with Crippen LogP contribution < -0.4 is 5.32 Å². The van der Waals surface area contributed by atoms with Gasteiger partial charge in [0.2, 0.25) is 5.12 Å². The van der Waals surface area contributed by atoms with Crippen LogP contribution in [0.1, 0.15) is 11.1 Å². The molecular formula is C20H16N2O2S. The molecule has 0 radical (unpaired) electrons. The van der Waals surface area contributed by atoms with Crippen LogP contribution in [-0.2, 0) is 17.8 Å². The normalized spacial score (nSPS) is 15.9. The van der Waals surface area contributed by atoms with Crippen LogP contribution in [0.3, 0.4) is 0 Å². The number of nitrogens with one attached hydrogen (secondary N) is 1. The molecule has 0 spiro atoms. The number of hydrogen-bond donors (Lipinski definition) is 1. The fraction of sp³-hybridized carbons (Fsp3) is 0.100. The highest BCUT2D eigenvalue weighted by atomic mass is 32.2. The number of hydrogen-bond acceptors (Lipinski definition) is 3. The van der Waals surface area contributed by atoms with Crippen molar-refractivity contribution in [2.45, 2.75) is 13.0 Å². The van der Waals surface area contributed by atoms with E-state index in [4.69, 9.17) is 0 Å². The van der Waals surface area contributed by atoms with Gasteiger partial charge in [0.1, 0.15) is 0 Å². The minimum absolute atomic E-state index is 0.230. The quantitative estimate of drug-likeness (QED) is 0.719. The third-order valence-corrected chi connectivity index (χ3v) is 4.94. The smallest absolute Gasteiger partial charge is 0.291 e. The molecule has 4 rings (SSSR count). The summed E-state index contributed by atoms with van der Waals surface area (Å²) in [7, 11) is 0. The van der Waals surface area contributed by atoms with Crippen molar-refractivity contribution < 1.29 is 9.59 Å². The average Bonchev–Trinajstić information content (AvgIpc) is 3.14. The van der Waals surface area contributed by atoms with Crippen molar-refractivity contribution in [1.29, 1.82) is 0 Å². The van der Waals surface area contributed by atoms with E-state index in [0.717, 1.165) is 29.4 Å². The molecule has 1 aliphatic heterocycles. The van der Waals surface area contributed by atoms with E-state index in [2.05, 4.69) is 28.1 Å². The number of amides is 1. The average molecular weight is 348 g/mol. The Labute approximate surface area is 149 Å². The lowest BCUT2D eigenvalue weighted by atomic mass is 10.1. The maximum atomic E-state index is 11.8. The number of aryl methyl sites for hydroxylation is 2. The maximum Gasteiger partial charge on any atom is 0.291 e. The molecule has 1 N–H and O–H groups in total. The van der Waals surface area contributed by atoms with Gasteiger partial charge in [-0.1, -0.05) is 48.5 Å². The molecule has 1 aromatic heterocycles. The standard InChI is InChI=1S/C20H16N2O2S/c23-19-17(21-20(24)25-19)12-15-13-22(18-9-5-4-8-16(15)18)11-10-14-6-2-1-3-7-14/h1-9,12-13H,10-11H2,(H,21,24). The van der Waals surface area contributed by atoms with E-state index in [0.29, 0.717) is 17.5 Å². The van der Waals surface area contributed by atoms with Crippen molar-refractivity contribution >= 4 is 39.1 Å². The number of para-hydroxylation sites is 1. The van der Waals surface area contributed by atoms with Gasteiger partial charge >= 0.3 is 0 Å². The fourth-order valence-corrected chi connectivity index (χ4v) is 3.59. The Morgan fingerprint density at radius 3 is 2.52 bits per heavy atom. The van der Waals surface area contributed by atoms with Crippen molar-refractivity contribution in [3.63, 3.8) is 0 Å². The van der Waals surface area contributed by atoms with Gasteiger partial charge in [0.15, 0.2) is 0 Å². The van der Waals surface area contributed by atoms with Crippen molar-refractivity contribution in [3.05, 3.63) is 77.6 Å². The summed E-state index contributed by atoms with van der Waals surface area (Å²) in [6.45, 7) is 0.850. The van der Waals surface area contributed by atoms with Gasteiger partial charge < -0.3 is 9.88 Å². The summed E-state index contributed by atoms with van der Waals surface area (Å²) in [6, 6.07) is 18.5. The van der Waals surface area contributed by atoms with E-state index in [1.54, 1.807) is 6.08 Å². The molecule has 2 aromatic carbocycles. The topological polar surface area (TPSA) is 51.1 Å². The summed E-state index contributed by atoms with van der Waals surface area (Å²) in [5, 5.41) is 3.14. The highest BCUT2D eigenvalue weighted by Crippen LogP contribution is 2.26. The van der Waals surface area contributed by atoms with E-state index in [9.17, 15) is 9.59 Å². The first-order valence-electron chi connectivity index (χ1n) is 8.07. The summed E-state index contributed by atoms with van der Waals surface area (Å²) in [4.78, 5) is 23.2. The number of fused-ring (bicyclic) bond motifs is 1. The lowest BCUT2D eigenvalue weighted by molar-refractivity contribution is -0.107. The van der Waals surface area contributed by atoms with E-state index in [1.807, 2.05) is 42.6 Å². The number of thioether (sulfide) groups is 1. The van der Waals surface area contributed by atoms with Crippen molar-refractivity contribution in [3.8, 4) is 0 Å². The molecule has 124 valence electrons. The molecular weight excluding hydrogens is 332 g/mol. The van der Waals surface area contributed by atoms with Crippen molar-refractivity contribution in [2.24, 2.45) is 0 Å². The minimum atomic E-state index is -0.316. The molecule has 0 aliphatic carbocycles. The van der Waals surface area contributed by atoms with Crippen LogP contribution in [0.15, 0.2) is 66.5 Å². The van der Waals surface area contributed by atoms with Gasteiger partial charge in [0.05, 0.1) is 5.70 Å². The Kier molecular flexibility index (Phi) is 4.15. The monoisotopic (exact) mass is 348 g/mol. The summed E-state index contributed by atoms with van der Waals surface area (Å²) in [5.41, 5.74) is 3.69. The second kappa shape index (κ2) is 6.61. The molecule has 2 heterocycles. The van der Waals surface area contributed by atoms with Gasteiger partial charge in [0.25, 0.3) is 5.24 Å². The van der Waals surface area contributed by atoms with E-state index in [1.165, 1.54) is 5.56 Å². The van der Waals surface area contributed by atoms with Crippen LogP contribution in [0.5, 0.6) is 0 Å². The molecule has 1 aliphatic rings. The summed E-state index contributed by atoms with van der Waals surface area (Å²) in [6.07, 6.45) is 4.74. The molecule has 1 fully saturated rings. The van der Waals surface area contributed by atoms with Gasteiger partial charge in [-0.3, -0.25) is 9.59 Å². The number of aromatic nitrogens is 1. The molecule has 25 heavy (non-hydrogen) atoms. The predicted octanol–water partition coefficient (Wildman–Crippen LogP) is 4.21. The zero-order valence-electron chi connectivity index (χ0n) is 13.4. The van der Waals surface area contributed by atoms with Crippen LogP contribution in [0.2, 0.25) is 0 Å². The lowest BCUT2D eigenvalue weighted by Crippen LogP contribution is -2.10. The summed E-state index contributed by atoms with van der Waals surface area (Å²) < 4.78 is 2.20. The molecule has 5 heteroatoms. The molecule has 0 bridgehead atoms. The molecule has 0 atom stereocenters. The minimum Gasteiger partial charge on any atom is -0.347 e. The van der Waals surface area contributed by atoms with Crippen LogP contribution in [0.4, 0.5) is 4.79 Å². The largest absolute Gasteiger partial charge is 0.347 e. The number of nitrogens with zero attached hydrogens (tertiary/aromatic N) is 1. The Bertz CT molecular complexity index is 989. The summed E-state index contributed by atoms with van der Waals surface area (Å²) >= 11 is 0.703. The van der Waals surface area contributed by atoms with Gasteiger partial charge in [-0.15, -0.1) is 0 Å². The summed E-state index contributed by atoms with van der Waals surface area (Å²) in [5.74, 6) is 0. The number of carbonyl (C=O) groups is 2. The van der Waals surface area contributed by atoms with Crippen LogP contribution in [0, 0.1) is 0 Å². The van der Waals surface area contributed by atoms with Gasteiger partial charge in [-0.25, -0.2) is 0 Å². The van der Waals surface area contributed by atoms with Gasteiger partial charge in [0, 0.05) is 41.0 Å². The molecule has 1 amide bonds. The Morgan fingerprint density at radius 1 is 1.00 bits per heavy atom. The molecule has 4 nitrogen and oxygen atoms in total. The first-order chi connectivity index (χ1) is 12.2. The molecule has 1 saturated heterocycles. The second-order valence-corrected chi connectivity index (χ2v) is 6.84. The molecule has 0 unspecified atom stereocenters. The third-order valence-electron chi connectivity index (χ3n) is 4.25. The first-order valence-corrected chi connectivity index (χ1v) is 8.89. The predicted molar refractivity (Wildman–Crippen MR) is 101 cm³/mol. The highest BCUT2D eigenvalue weighted by molar-refractivity contribution is 8.27. The zero-order chi connectivity index (χ0) is 17.2. The first kappa shape index (κ1) is 15.7. The number of rotatable bonds is 4. The lowest BCUT2D eigenvalue weighted by Gasteiger charge is -2.05. The number of benzene rings is 2.